The highest BCUT2D eigenvalue weighted by Gasteiger charge is 2.11. The van der Waals surface area contributed by atoms with Gasteiger partial charge in [-0.05, 0) is 29.9 Å². The summed E-state index contributed by atoms with van der Waals surface area (Å²) in [4.78, 5) is 0. The number of nitrogens with two attached hydrogens (primary N) is 1. The van der Waals surface area contributed by atoms with Crippen LogP contribution in [0.15, 0.2) is 35.0 Å². The van der Waals surface area contributed by atoms with Gasteiger partial charge in [0.05, 0.1) is 11.8 Å². The molecule has 0 radical (unpaired) electrons. The SMILES string of the molecule is CCC(CC)c1cccc(-c2cnoc2N)c1. The van der Waals surface area contributed by atoms with E-state index in [4.69, 9.17) is 10.3 Å². The molecule has 2 rings (SSSR count). The first kappa shape index (κ1) is 11.7. The molecule has 17 heavy (non-hydrogen) atoms. The van der Waals surface area contributed by atoms with Crippen LogP contribution in [0.3, 0.4) is 0 Å². The highest BCUT2D eigenvalue weighted by Crippen LogP contribution is 2.30. The Morgan fingerprint density at radius 1 is 1.29 bits per heavy atom. The van der Waals surface area contributed by atoms with Crippen molar-refractivity contribution in [2.75, 3.05) is 5.73 Å². The summed E-state index contributed by atoms with van der Waals surface area (Å²) in [5.41, 5.74) is 9.04. The zero-order valence-electron chi connectivity index (χ0n) is 10.3. The van der Waals surface area contributed by atoms with Crippen molar-refractivity contribution in [1.82, 2.24) is 5.16 Å². The summed E-state index contributed by atoms with van der Waals surface area (Å²) in [6.45, 7) is 4.43. The predicted molar refractivity (Wildman–Crippen MR) is 69.7 cm³/mol. The molecule has 1 aromatic carbocycles. The van der Waals surface area contributed by atoms with Gasteiger partial charge in [0.25, 0.3) is 0 Å². The molecule has 0 aliphatic carbocycles. The maximum Gasteiger partial charge on any atom is 0.229 e. The number of anilines is 1. The van der Waals surface area contributed by atoms with Crippen molar-refractivity contribution in [2.24, 2.45) is 0 Å². The molecule has 1 heterocycles. The van der Waals surface area contributed by atoms with Crippen molar-refractivity contribution in [3.63, 3.8) is 0 Å². The molecule has 0 saturated carbocycles. The number of nitrogen functional groups attached to an aromatic ring is 1. The van der Waals surface area contributed by atoms with Gasteiger partial charge in [0.15, 0.2) is 0 Å². The Morgan fingerprint density at radius 3 is 2.65 bits per heavy atom. The second kappa shape index (κ2) is 5.04. The summed E-state index contributed by atoms with van der Waals surface area (Å²) in [7, 11) is 0. The number of benzene rings is 1. The summed E-state index contributed by atoms with van der Waals surface area (Å²) in [5.74, 6) is 0.989. The smallest absolute Gasteiger partial charge is 0.229 e. The standard InChI is InChI=1S/C14H18N2O/c1-3-10(4-2)11-6-5-7-12(8-11)13-9-16-17-14(13)15/h5-10H,3-4,15H2,1-2H3. The van der Waals surface area contributed by atoms with Crippen molar-refractivity contribution in [1.29, 1.82) is 0 Å². The summed E-state index contributed by atoms with van der Waals surface area (Å²) in [5, 5.41) is 3.71. The van der Waals surface area contributed by atoms with Crippen LogP contribution in [0.2, 0.25) is 0 Å². The van der Waals surface area contributed by atoms with E-state index in [0.29, 0.717) is 11.8 Å². The number of rotatable bonds is 4. The van der Waals surface area contributed by atoms with Crippen LogP contribution in [-0.4, -0.2) is 5.16 Å². The van der Waals surface area contributed by atoms with Gasteiger partial charge in [-0.15, -0.1) is 0 Å². The topological polar surface area (TPSA) is 52.0 Å². The van der Waals surface area contributed by atoms with Crippen LogP contribution in [-0.2, 0) is 0 Å². The molecule has 0 unspecified atom stereocenters. The maximum atomic E-state index is 5.73. The van der Waals surface area contributed by atoms with Crippen molar-refractivity contribution in [3.8, 4) is 11.1 Å². The van der Waals surface area contributed by atoms with Gasteiger partial charge in [0.2, 0.25) is 5.88 Å². The molecule has 90 valence electrons. The number of hydrogen-bond acceptors (Lipinski definition) is 3. The average molecular weight is 230 g/mol. The van der Waals surface area contributed by atoms with E-state index in [1.807, 2.05) is 6.07 Å². The normalized spacial score (nSPS) is 11.0. The molecule has 2 aromatic rings. The third-order valence-corrected chi connectivity index (χ3v) is 3.25. The molecule has 0 atom stereocenters. The molecule has 0 saturated heterocycles. The summed E-state index contributed by atoms with van der Waals surface area (Å²) >= 11 is 0. The second-order valence-corrected chi connectivity index (χ2v) is 4.24. The van der Waals surface area contributed by atoms with Crippen LogP contribution >= 0.6 is 0 Å². The molecule has 3 heteroatoms. The Hall–Kier alpha value is -1.77. The fourth-order valence-corrected chi connectivity index (χ4v) is 2.19. The predicted octanol–water partition coefficient (Wildman–Crippen LogP) is 3.83. The van der Waals surface area contributed by atoms with Crippen LogP contribution in [0.25, 0.3) is 11.1 Å². The summed E-state index contributed by atoms with van der Waals surface area (Å²) in [6, 6.07) is 8.45. The highest BCUT2D eigenvalue weighted by molar-refractivity contribution is 5.72. The van der Waals surface area contributed by atoms with E-state index >= 15 is 0 Å². The Labute approximate surface area is 102 Å². The molecular weight excluding hydrogens is 212 g/mol. The summed E-state index contributed by atoms with van der Waals surface area (Å²) in [6.07, 6.45) is 3.97. The monoisotopic (exact) mass is 230 g/mol. The zero-order chi connectivity index (χ0) is 12.3. The molecule has 0 fully saturated rings. The van der Waals surface area contributed by atoms with Crippen LogP contribution in [0.4, 0.5) is 5.88 Å². The first-order valence-corrected chi connectivity index (χ1v) is 6.06. The lowest BCUT2D eigenvalue weighted by molar-refractivity contribution is 0.436. The van der Waals surface area contributed by atoms with Gasteiger partial charge in [-0.25, -0.2) is 0 Å². The van der Waals surface area contributed by atoms with Gasteiger partial charge in [0.1, 0.15) is 0 Å². The Kier molecular flexibility index (Phi) is 3.47. The Bertz CT molecular complexity index is 486. The van der Waals surface area contributed by atoms with Gasteiger partial charge >= 0.3 is 0 Å². The molecular formula is C14H18N2O. The maximum absolute atomic E-state index is 5.73. The minimum Gasteiger partial charge on any atom is -0.367 e. The van der Waals surface area contributed by atoms with E-state index in [9.17, 15) is 0 Å². The number of aromatic nitrogens is 1. The summed E-state index contributed by atoms with van der Waals surface area (Å²) < 4.78 is 4.90. The van der Waals surface area contributed by atoms with Gasteiger partial charge in [0, 0.05) is 0 Å². The lowest BCUT2D eigenvalue weighted by atomic mass is 9.92. The largest absolute Gasteiger partial charge is 0.367 e. The highest BCUT2D eigenvalue weighted by atomic mass is 16.5. The van der Waals surface area contributed by atoms with E-state index in [-0.39, 0.29) is 0 Å². The molecule has 0 aliphatic heterocycles. The Morgan fingerprint density at radius 2 is 2.06 bits per heavy atom. The Balaban J connectivity index is 2.38. The van der Waals surface area contributed by atoms with E-state index in [1.54, 1.807) is 6.20 Å². The molecule has 3 nitrogen and oxygen atoms in total. The van der Waals surface area contributed by atoms with Gasteiger partial charge in [-0.1, -0.05) is 43.3 Å². The minimum absolute atomic E-state index is 0.381. The van der Waals surface area contributed by atoms with E-state index in [2.05, 4.69) is 37.2 Å². The first-order valence-electron chi connectivity index (χ1n) is 6.06. The molecule has 0 spiro atoms. The average Bonchev–Trinajstić information content (AvgIpc) is 2.77. The van der Waals surface area contributed by atoms with Crippen LogP contribution < -0.4 is 5.73 Å². The molecule has 2 N–H and O–H groups in total. The van der Waals surface area contributed by atoms with Crippen molar-refractivity contribution in [2.45, 2.75) is 32.6 Å². The molecule has 0 aliphatic rings. The number of hydrogen-bond donors (Lipinski definition) is 1. The fourth-order valence-electron chi connectivity index (χ4n) is 2.19. The quantitative estimate of drug-likeness (QED) is 0.868. The van der Waals surface area contributed by atoms with E-state index in [1.165, 1.54) is 5.56 Å². The van der Waals surface area contributed by atoms with Crippen molar-refractivity contribution >= 4 is 5.88 Å². The molecule has 0 amide bonds. The van der Waals surface area contributed by atoms with Gasteiger partial charge in [-0.2, -0.15) is 0 Å². The van der Waals surface area contributed by atoms with Crippen molar-refractivity contribution in [3.05, 3.63) is 36.0 Å². The molecule has 1 aromatic heterocycles. The van der Waals surface area contributed by atoms with Crippen LogP contribution in [0.1, 0.15) is 38.2 Å². The van der Waals surface area contributed by atoms with Crippen LogP contribution in [0.5, 0.6) is 0 Å². The molecule has 0 bridgehead atoms. The van der Waals surface area contributed by atoms with Crippen LogP contribution in [0, 0.1) is 0 Å². The van der Waals surface area contributed by atoms with Crippen molar-refractivity contribution < 1.29 is 4.52 Å². The zero-order valence-corrected chi connectivity index (χ0v) is 10.3. The number of nitrogens with zero attached hydrogens (tertiary/aromatic N) is 1. The third-order valence-electron chi connectivity index (χ3n) is 3.25. The van der Waals surface area contributed by atoms with Gasteiger partial charge < -0.3 is 10.3 Å². The van der Waals surface area contributed by atoms with Gasteiger partial charge in [-0.3, -0.25) is 0 Å². The first-order chi connectivity index (χ1) is 8.26. The van der Waals surface area contributed by atoms with E-state index < -0.39 is 0 Å². The second-order valence-electron chi connectivity index (χ2n) is 4.24. The van der Waals surface area contributed by atoms with E-state index in [0.717, 1.165) is 24.0 Å². The lowest BCUT2D eigenvalue weighted by Gasteiger charge is -2.13. The lowest BCUT2D eigenvalue weighted by Crippen LogP contribution is -1.95. The third kappa shape index (κ3) is 2.33. The minimum atomic E-state index is 0.381. The fraction of sp³-hybridized carbons (Fsp3) is 0.357.